The lowest BCUT2D eigenvalue weighted by Crippen LogP contribution is -2.46. The minimum absolute atomic E-state index is 0.0279. The van der Waals surface area contributed by atoms with E-state index in [2.05, 4.69) is 10.3 Å². The van der Waals surface area contributed by atoms with Gasteiger partial charge in [-0.3, -0.25) is 14.5 Å². The smallest absolute Gasteiger partial charge is 0.335 e. The highest BCUT2D eigenvalue weighted by Crippen LogP contribution is 2.30. The molecule has 8 nitrogen and oxygen atoms in total. The van der Waals surface area contributed by atoms with E-state index in [-0.39, 0.29) is 23.8 Å². The number of hydrogen-bond acceptors (Lipinski definition) is 6. The first-order chi connectivity index (χ1) is 17.4. The summed E-state index contributed by atoms with van der Waals surface area (Å²) in [5, 5.41) is 11.6. The summed E-state index contributed by atoms with van der Waals surface area (Å²) in [4.78, 5) is 43.5. The van der Waals surface area contributed by atoms with E-state index in [1.54, 1.807) is 12.0 Å². The first kappa shape index (κ1) is 25.0. The largest absolute Gasteiger partial charge is 0.497 e. The van der Waals surface area contributed by atoms with Crippen molar-refractivity contribution in [3.05, 3.63) is 90.0 Å². The SMILES string of the molecule is COc1ccc(CCN2C(=O)C[C@H](C(=O)Nc3ccc(C(=O)O)cc3)SC2=Nc2ccccc2)cc1. The number of ether oxygens (including phenoxy) is 1. The molecule has 0 spiro atoms. The molecule has 0 radical (unpaired) electrons. The molecule has 4 rings (SSSR count). The molecule has 1 fully saturated rings. The maximum Gasteiger partial charge on any atom is 0.335 e. The number of amidine groups is 1. The fourth-order valence-electron chi connectivity index (χ4n) is 3.63. The number of amides is 2. The summed E-state index contributed by atoms with van der Waals surface area (Å²) in [7, 11) is 1.61. The third kappa shape index (κ3) is 6.31. The van der Waals surface area contributed by atoms with Gasteiger partial charge in [0.05, 0.1) is 18.4 Å². The molecule has 3 aromatic carbocycles. The number of anilines is 1. The summed E-state index contributed by atoms with van der Waals surface area (Å²) < 4.78 is 5.21. The molecule has 9 heteroatoms. The van der Waals surface area contributed by atoms with Crippen molar-refractivity contribution in [3.8, 4) is 5.75 Å². The molecule has 1 atom stereocenters. The van der Waals surface area contributed by atoms with Crippen molar-refractivity contribution < 1.29 is 24.2 Å². The first-order valence-corrected chi connectivity index (χ1v) is 12.2. The number of carboxylic acid groups (broad SMARTS) is 1. The molecule has 0 saturated carbocycles. The number of methoxy groups -OCH3 is 1. The molecule has 2 N–H and O–H groups in total. The van der Waals surface area contributed by atoms with Gasteiger partial charge in [-0.15, -0.1) is 0 Å². The Hall–Kier alpha value is -4.11. The van der Waals surface area contributed by atoms with Crippen LogP contribution in [0, 0.1) is 0 Å². The molecule has 36 heavy (non-hydrogen) atoms. The predicted molar refractivity (Wildman–Crippen MR) is 140 cm³/mol. The molecule has 184 valence electrons. The van der Waals surface area contributed by atoms with E-state index in [0.29, 0.717) is 29.5 Å². The summed E-state index contributed by atoms with van der Waals surface area (Å²) in [6.07, 6.45) is 0.650. The Kier molecular flexibility index (Phi) is 8.02. The number of aromatic carboxylic acids is 1. The molecule has 0 aliphatic carbocycles. The summed E-state index contributed by atoms with van der Waals surface area (Å²) in [5.74, 6) is -0.802. The fourth-order valence-corrected chi connectivity index (χ4v) is 4.75. The van der Waals surface area contributed by atoms with E-state index in [1.165, 1.54) is 36.0 Å². The molecule has 1 aliphatic heterocycles. The number of carbonyl (C=O) groups is 3. The molecular weight excluding hydrogens is 478 g/mol. The fraction of sp³-hybridized carbons (Fsp3) is 0.185. The second-order valence-corrected chi connectivity index (χ2v) is 9.23. The Bertz CT molecular complexity index is 1260. The van der Waals surface area contributed by atoms with Crippen LogP contribution in [0.5, 0.6) is 5.75 Å². The van der Waals surface area contributed by atoms with Crippen LogP contribution >= 0.6 is 11.8 Å². The molecular formula is C27H25N3O5S. The lowest BCUT2D eigenvalue weighted by Gasteiger charge is -2.32. The van der Waals surface area contributed by atoms with Gasteiger partial charge in [0.2, 0.25) is 11.8 Å². The number of carboxylic acids is 1. The number of rotatable bonds is 8. The number of aliphatic imine (C=N–C) groups is 1. The van der Waals surface area contributed by atoms with Gasteiger partial charge in [-0.2, -0.15) is 0 Å². The Balaban J connectivity index is 1.50. The zero-order valence-electron chi connectivity index (χ0n) is 19.6. The van der Waals surface area contributed by atoms with Gasteiger partial charge in [-0.25, -0.2) is 9.79 Å². The average Bonchev–Trinajstić information content (AvgIpc) is 2.89. The van der Waals surface area contributed by atoms with Crippen LogP contribution in [0.3, 0.4) is 0 Å². The Morgan fingerprint density at radius 1 is 1.06 bits per heavy atom. The van der Waals surface area contributed by atoms with Gasteiger partial charge in [-0.05, 0) is 60.5 Å². The molecule has 1 heterocycles. The number of para-hydroxylation sites is 1. The van der Waals surface area contributed by atoms with Crippen molar-refractivity contribution in [1.29, 1.82) is 0 Å². The minimum Gasteiger partial charge on any atom is -0.497 e. The zero-order valence-corrected chi connectivity index (χ0v) is 20.4. The van der Waals surface area contributed by atoms with E-state index in [9.17, 15) is 14.4 Å². The minimum atomic E-state index is -1.04. The van der Waals surface area contributed by atoms with Gasteiger partial charge in [0, 0.05) is 18.7 Å². The predicted octanol–water partition coefficient (Wildman–Crippen LogP) is 4.60. The lowest BCUT2D eigenvalue weighted by atomic mass is 10.1. The molecule has 1 aliphatic rings. The quantitative estimate of drug-likeness (QED) is 0.465. The van der Waals surface area contributed by atoms with Crippen molar-refractivity contribution in [1.82, 2.24) is 4.90 Å². The maximum absolute atomic E-state index is 13.2. The van der Waals surface area contributed by atoms with Crippen molar-refractivity contribution in [3.63, 3.8) is 0 Å². The molecule has 0 bridgehead atoms. The van der Waals surface area contributed by atoms with Crippen LogP contribution in [0.2, 0.25) is 0 Å². The average molecular weight is 504 g/mol. The molecule has 2 amide bonds. The Labute approximate surface area is 213 Å². The number of thioether (sulfide) groups is 1. The van der Waals surface area contributed by atoms with Crippen molar-refractivity contribution >= 4 is 46.1 Å². The van der Waals surface area contributed by atoms with Crippen LogP contribution in [0.1, 0.15) is 22.3 Å². The van der Waals surface area contributed by atoms with Crippen molar-refractivity contribution in [2.75, 3.05) is 19.0 Å². The van der Waals surface area contributed by atoms with E-state index in [1.807, 2.05) is 54.6 Å². The summed E-state index contributed by atoms with van der Waals surface area (Å²) >= 11 is 1.24. The molecule has 0 unspecified atom stereocenters. The summed E-state index contributed by atoms with van der Waals surface area (Å²) in [5.41, 5.74) is 2.33. The summed E-state index contributed by atoms with van der Waals surface area (Å²) in [6.45, 7) is 0.425. The number of benzene rings is 3. The van der Waals surface area contributed by atoms with Crippen molar-refractivity contribution in [2.45, 2.75) is 18.1 Å². The maximum atomic E-state index is 13.2. The van der Waals surface area contributed by atoms with E-state index < -0.39 is 11.2 Å². The second kappa shape index (κ2) is 11.5. The second-order valence-electron chi connectivity index (χ2n) is 8.06. The number of carbonyl (C=O) groups excluding carboxylic acids is 2. The molecule has 1 saturated heterocycles. The van der Waals surface area contributed by atoms with E-state index in [4.69, 9.17) is 9.84 Å². The zero-order chi connectivity index (χ0) is 25.5. The van der Waals surface area contributed by atoms with Crippen LogP contribution in [0.15, 0.2) is 83.9 Å². The standard InChI is InChI=1S/C27H25N3O5S/c1-35-22-13-7-18(8-14-22)15-16-30-24(31)17-23(36-27(30)29-20-5-3-2-4-6-20)25(32)28-21-11-9-19(10-12-21)26(33)34/h2-14,23H,15-17H2,1H3,(H,28,32)(H,33,34)/t23-/m1/s1. The monoisotopic (exact) mass is 503 g/mol. The number of nitrogens with zero attached hydrogens (tertiary/aromatic N) is 2. The van der Waals surface area contributed by atoms with Gasteiger partial charge in [-0.1, -0.05) is 42.1 Å². The Morgan fingerprint density at radius 3 is 2.39 bits per heavy atom. The van der Waals surface area contributed by atoms with Gasteiger partial charge in [0.1, 0.15) is 11.0 Å². The highest BCUT2D eigenvalue weighted by molar-refractivity contribution is 8.15. The van der Waals surface area contributed by atoms with Crippen LogP contribution in [0.25, 0.3) is 0 Å². The third-order valence-corrected chi connectivity index (χ3v) is 6.78. The van der Waals surface area contributed by atoms with Crippen LogP contribution in [-0.4, -0.2) is 51.9 Å². The first-order valence-electron chi connectivity index (χ1n) is 11.3. The van der Waals surface area contributed by atoms with Crippen LogP contribution in [-0.2, 0) is 16.0 Å². The normalized spacial score (nSPS) is 16.6. The summed E-state index contributed by atoms with van der Waals surface area (Å²) in [6, 6.07) is 22.9. The third-order valence-electron chi connectivity index (χ3n) is 5.60. The van der Waals surface area contributed by atoms with Crippen LogP contribution in [0.4, 0.5) is 11.4 Å². The van der Waals surface area contributed by atoms with Crippen molar-refractivity contribution in [2.24, 2.45) is 4.99 Å². The highest BCUT2D eigenvalue weighted by Gasteiger charge is 2.35. The van der Waals surface area contributed by atoms with Gasteiger partial charge in [0.25, 0.3) is 0 Å². The lowest BCUT2D eigenvalue weighted by molar-refractivity contribution is -0.129. The van der Waals surface area contributed by atoms with Gasteiger partial charge >= 0.3 is 5.97 Å². The number of nitrogens with one attached hydrogen (secondary N) is 1. The Morgan fingerprint density at radius 2 is 1.75 bits per heavy atom. The molecule has 3 aromatic rings. The van der Waals surface area contributed by atoms with Gasteiger partial charge < -0.3 is 15.2 Å². The molecule has 0 aromatic heterocycles. The van der Waals surface area contributed by atoms with E-state index in [0.717, 1.165) is 11.3 Å². The highest BCUT2D eigenvalue weighted by atomic mass is 32.2. The number of hydrogen-bond donors (Lipinski definition) is 2. The topological polar surface area (TPSA) is 108 Å². The van der Waals surface area contributed by atoms with E-state index >= 15 is 0 Å². The van der Waals surface area contributed by atoms with Crippen LogP contribution < -0.4 is 10.1 Å². The van der Waals surface area contributed by atoms with Gasteiger partial charge in [0.15, 0.2) is 5.17 Å².